The molecule has 146 valence electrons. The smallest absolute Gasteiger partial charge is 0.259 e. The van der Waals surface area contributed by atoms with Crippen molar-refractivity contribution >= 4 is 29.1 Å². The summed E-state index contributed by atoms with van der Waals surface area (Å²) in [4.78, 5) is 37.0. The zero-order chi connectivity index (χ0) is 20.7. The van der Waals surface area contributed by atoms with Gasteiger partial charge in [0.2, 0.25) is 5.91 Å². The lowest BCUT2D eigenvalue weighted by Crippen LogP contribution is -2.47. The average Bonchev–Trinajstić information content (AvgIpc) is 3.15. The molecule has 0 bridgehead atoms. The third-order valence-electron chi connectivity index (χ3n) is 4.00. The topological polar surface area (TPSA) is 125 Å². The largest absolute Gasteiger partial charge is 0.365 e. The second-order valence-electron chi connectivity index (χ2n) is 6.64. The first-order valence-electron chi connectivity index (χ1n) is 8.76. The molecule has 0 saturated heterocycles. The number of primary amides is 1. The van der Waals surface area contributed by atoms with Crippen LogP contribution < -0.4 is 16.4 Å². The van der Waals surface area contributed by atoms with Crippen LogP contribution in [-0.4, -0.2) is 30.3 Å². The van der Waals surface area contributed by atoms with Gasteiger partial charge >= 0.3 is 0 Å². The van der Waals surface area contributed by atoms with Crippen molar-refractivity contribution in [3.8, 4) is 17.2 Å². The van der Waals surface area contributed by atoms with Crippen LogP contribution >= 0.6 is 11.3 Å². The normalized spacial score (nSPS) is 11.5. The van der Waals surface area contributed by atoms with Gasteiger partial charge in [-0.3, -0.25) is 14.4 Å². The lowest BCUT2D eigenvalue weighted by Gasteiger charge is -2.19. The van der Waals surface area contributed by atoms with Crippen LogP contribution in [0.15, 0.2) is 35.7 Å². The van der Waals surface area contributed by atoms with Crippen LogP contribution in [0.4, 0.5) is 0 Å². The number of hydrogen-bond donors (Lipinski definition) is 3. The van der Waals surface area contributed by atoms with E-state index in [-0.39, 0.29) is 12.5 Å². The monoisotopic (exact) mass is 398 g/mol. The van der Waals surface area contributed by atoms with Crippen LogP contribution in [0.1, 0.15) is 40.3 Å². The molecule has 8 heteroatoms. The number of nitriles is 1. The molecule has 1 aromatic heterocycles. The van der Waals surface area contributed by atoms with E-state index < -0.39 is 23.8 Å². The first kappa shape index (κ1) is 21.1. The van der Waals surface area contributed by atoms with Crippen LogP contribution in [0, 0.1) is 17.2 Å². The fourth-order valence-corrected chi connectivity index (χ4v) is 3.52. The summed E-state index contributed by atoms with van der Waals surface area (Å²) in [6, 6.07) is 9.67. The second-order valence-corrected chi connectivity index (χ2v) is 7.56. The number of carbonyl (C=O) groups is 3. The minimum absolute atomic E-state index is 0.118. The van der Waals surface area contributed by atoms with Gasteiger partial charge in [-0.25, -0.2) is 0 Å². The number of benzene rings is 1. The Morgan fingerprint density at radius 2 is 2.00 bits per heavy atom. The highest BCUT2D eigenvalue weighted by Crippen LogP contribution is 2.28. The van der Waals surface area contributed by atoms with E-state index >= 15 is 0 Å². The van der Waals surface area contributed by atoms with Gasteiger partial charge in [-0.2, -0.15) is 5.26 Å². The first-order valence-corrected chi connectivity index (χ1v) is 9.64. The van der Waals surface area contributed by atoms with E-state index in [1.54, 1.807) is 35.7 Å². The Labute approximate surface area is 167 Å². The fraction of sp³-hybridized carbons (Fsp3) is 0.300. The van der Waals surface area contributed by atoms with Gasteiger partial charge in [0, 0.05) is 11.1 Å². The molecule has 0 fully saturated rings. The fourth-order valence-electron chi connectivity index (χ4n) is 2.75. The van der Waals surface area contributed by atoms with Gasteiger partial charge in [-0.15, -0.1) is 11.3 Å². The number of amides is 3. The van der Waals surface area contributed by atoms with Gasteiger partial charge in [0.1, 0.15) is 12.6 Å². The summed E-state index contributed by atoms with van der Waals surface area (Å²) in [5.74, 6) is -1.15. The Hall–Kier alpha value is -3.18. The predicted octanol–water partition coefficient (Wildman–Crippen LogP) is 2.30. The SMILES string of the molecule is CC(C)C[C@H](NC(=O)c1cccc(-c2ccsc2C(N)=O)c1)C(=O)NCC#N. The maximum Gasteiger partial charge on any atom is 0.259 e. The molecule has 0 aliphatic heterocycles. The quantitative estimate of drug-likeness (QED) is 0.590. The zero-order valence-electron chi connectivity index (χ0n) is 15.7. The van der Waals surface area contributed by atoms with E-state index in [1.807, 2.05) is 19.9 Å². The van der Waals surface area contributed by atoms with E-state index in [9.17, 15) is 14.4 Å². The zero-order valence-corrected chi connectivity index (χ0v) is 16.5. The van der Waals surface area contributed by atoms with Crippen molar-refractivity contribution in [3.05, 3.63) is 46.2 Å². The van der Waals surface area contributed by atoms with Gasteiger partial charge in [-0.05, 0) is 41.5 Å². The van der Waals surface area contributed by atoms with E-state index in [1.165, 1.54) is 11.3 Å². The highest BCUT2D eigenvalue weighted by Gasteiger charge is 2.22. The average molecular weight is 398 g/mol. The Morgan fingerprint density at radius 1 is 1.25 bits per heavy atom. The van der Waals surface area contributed by atoms with Crippen molar-refractivity contribution in [1.29, 1.82) is 5.26 Å². The molecule has 0 radical (unpaired) electrons. The van der Waals surface area contributed by atoms with Crippen molar-refractivity contribution in [1.82, 2.24) is 10.6 Å². The van der Waals surface area contributed by atoms with Gasteiger partial charge < -0.3 is 16.4 Å². The molecular weight excluding hydrogens is 376 g/mol. The lowest BCUT2D eigenvalue weighted by molar-refractivity contribution is -0.123. The minimum Gasteiger partial charge on any atom is -0.365 e. The maximum atomic E-state index is 12.7. The third kappa shape index (κ3) is 5.41. The standard InChI is InChI=1S/C20H22N4O3S/c1-12(2)10-16(20(27)23-8-7-21)24-19(26)14-5-3-4-13(11-14)15-6-9-28-17(15)18(22)25/h3-6,9,11-12,16H,8,10H2,1-2H3,(H2,22,25)(H,23,27)(H,24,26)/t16-/m0/s1. The van der Waals surface area contributed by atoms with Crippen LogP contribution in [0.3, 0.4) is 0 Å². The van der Waals surface area contributed by atoms with Gasteiger partial charge in [-0.1, -0.05) is 26.0 Å². The summed E-state index contributed by atoms with van der Waals surface area (Å²) in [6.07, 6.45) is 0.443. The molecule has 7 nitrogen and oxygen atoms in total. The highest BCUT2D eigenvalue weighted by atomic mass is 32.1. The van der Waals surface area contributed by atoms with E-state index in [4.69, 9.17) is 11.0 Å². The molecule has 2 rings (SSSR count). The first-order chi connectivity index (χ1) is 13.3. The lowest BCUT2D eigenvalue weighted by atomic mass is 10.0. The van der Waals surface area contributed by atoms with Crippen LogP contribution in [0.25, 0.3) is 11.1 Å². The molecule has 2 aromatic rings. The second kappa shape index (κ2) is 9.67. The number of nitrogens with zero attached hydrogens (tertiary/aromatic N) is 1. The van der Waals surface area contributed by atoms with Crippen molar-refractivity contribution in [2.45, 2.75) is 26.3 Å². The molecule has 4 N–H and O–H groups in total. The number of carbonyl (C=O) groups excluding carboxylic acids is 3. The molecule has 0 unspecified atom stereocenters. The summed E-state index contributed by atoms with van der Waals surface area (Å²) in [7, 11) is 0. The summed E-state index contributed by atoms with van der Waals surface area (Å²) in [5.41, 5.74) is 7.12. The number of hydrogen-bond acceptors (Lipinski definition) is 5. The van der Waals surface area contributed by atoms with E-state index in [0.29, 0.717) is 28.0 Å². The number of rotatable bonds is 8. The van der Waals surface area contributed by atoms with Crippen molar-refractivity contribution in [2.75, 3.05) is 6.54 Å². The number of nitrogens with two attached hydrogens (primary N) is 1. The molecule has 0 spiro atoms. The van der Waals surface area contributed by atoms with Crippen molar-refractivity contribution in [3.63, 3.8) is 0 Å². The van der Waals surface area contributed by atoms with Gasteiger partial charge in [0.25, 0.3) is 11.8 Å². The van der Waals surface area contributed by atoms with Crippen molar-refractivity contribution in [2.24, 2.45) is 11.7 Å². The number of nitrogens with one attached hydrogen (secondary N) is 2. The minimum atomic E-state index is -0.744. The molecule has 0 saturated carbocycles. The third-order valence-corrected chi connectivity index (χ3v) is 4.92. The molecule has 1 aromatic carbocycles. The summed E-state index contributed by atoms with van der Waals surface area (Å²) >= 11 is 1.24. The Balaban J connectivity index is 2.23. The molecule has 1 atom stereocenters. The molecule has 3 amide bonds. The summed E-state index contributed by atoms with van der Waals surface area (Å²) in [6.45, 7) is 3.77. The molecule has 0 aliphatic rings. The molecular formula is C20H22N4O3S. The molecule has 28 heavy (non-hydrogen) atoms. The van der Waals surface area contributed by atoms with Gasteiger partial charge in [0.15, 0.2) is 0 Å². The summed E-state index contributed by atoms with van der Waals surface area (Å²) < 4.78 is 0. The van der Waals surface area contributed by atoms with Gasteiger partial charge in [0.05, 0.1) is 10.9 Å². The molecule has 1 heterocycles. The Morgan fingerprint density at radius 3 is 2.64 bits per heavy atom. The summed E-state index contributed by atoms with van der Waals surface area (Å²) in [5, 5.41) is 15.6. The Bertz CT molecular complexity index is 914. The number of thiophene rings is 1. The maximum absolute atomic E-state index is 12.7. The van der Waals surface area contributed by atoms with Crippen molar-refractivity contribution < 1.29 is 14.4 Å². The molecule has 0 aliphatic carbocycles. The van der Waals surface area contributed by atoms with Crippen LogP contribution in [-0.2, 0) is 4.79 Å². The van der Waals surface area contributed by atoms with E-state index in [2.05, 4.69) is 10.6 Å². The van der Waals surface area contributed by atoms with Crippen LogP contribution in [0.2, 0.25) is 0 Å². The van der Waals surface area contributed by atoms with E-state index in [0.717, 1.165) is 0 Å². The Kier molecular flexibility index (Phi) is 7.29. The predicted molar refractivity (Wildman–Crippen MR) is 108 cm³/mol. The van der Waals surface area contributed by atoms with Crippen LogP contribution in [0.5, 0.6) is 0 Å². The highest BCUT2D eigenvalue weighted by molar-refractivity contribution is 7.12.